The van der Waals surface area contributed by atoms with Crippen LogP contribution in [0, 0.1) is 6.92 Å². The third kappa shape index (κ3) is 4.05. The van der Waals surface area contributed by atoms with Gasteiger partial charge in [0.1, 0.15) is 0 Å². The summed E-state index contributed by atoms with van der Waals surface area (Å²) in [5.74, 6) is 2.82. The van der Waals surface area contributed by atoms with Crippen molar-refractivity contribution < 1.29 is 4.79 Å². The lowest BCUT2D eigenvalue weighted by molar-refractivity contribution is -0.131. The van der Waals surface area contributed by atoms with Gasteiger partial charge in [0, 0.05) is 50.1 Å². The summed E-state index contributed by atoms with van der Waals surface area (Å²) in [4.78, 5) is 17.1. The monoisotopic (exact) mass is 318 g/mol. The van der Waals surface area contributed by atoms with Crippen molar-refractivity contribution in [3.8, 4) is 0 Å². The highest BCUT2D eigenvalue weighted by Crippen LogP contribution is 2.22. The fraction of sp³-hybridized carbons (Fsp3) is 0.611. The van der Waals surface area contributed by atoms with Crippen molar-refractivity contribution in [2.24, 2.45) is 0 Å². The first-order valence-electron chi connectivity index (χ1n) is 8.37. The molecule has 2 aliphatic heterocycles. The molecule has 0 aliphatic carbocycles. The molecule has 1 aromatic rings. The smallest absolute Gasteiger partial charge is 0.222 e. The van der Waals surface area contributed by atoms with Gasteiger partial charge in [0.15, 0.2) is 0 Å². The Morgan fingerprint density at radius 1 is 1.09 bits per heavy atom. The topological polar surface area (TPSA) is 23.6 Å². The summed E-state index contributed by atoms with van der Waals surface area (Å²) in [6.45, 7) is 6.16. The summed E-state index contributed by atoms with van der Waals surface area (Å²) in [6.07, 6.45) is 2.87. The minimum atomic E-state index is 0.328. The molecule has 1 aromatic carbocycles. The maximum Gasteiger partial charge on any atom is 0.222 e. The van der Waals surface area contributed by atoms with Gasteiger partial charge in [-0.05, 0) is 25.3 Å². The molecule has 2 fully saturated rings. The number of likely N-dealkylation sites (tertiary alicyclic amines) is 1. The summed E-state index contributed by atoms with van der Waals surface area (Å²) in [5.41, 5.74) is 2.51. The van der Waals surface area contributed by atoms with Gasteiger partial charge in [0.05, 0.1) is 0 Å². The standard InChI is InChI=1S/C18H26N2OS/c1-15-2-4-16(5-3-15)14-20-9-8-17(6-7-18(20)21)19-10-12-22-13-11-19/h2-5,17H,6-14H2,1H3. The van der Waals surface area contributed by atoms with Crippen molar-refractivity contribution in [3.63, 3.8) is 0 Å². The summed E-state index contributed by atoms with van der Waals surface area (Å²) in [7, 11) is 0. The largest absolute Gasteiger partial charge is 0.338 e. The first-order valence-corrected chi connectivity index (χ1v) is 9.53. The first-order chi connectivity index (χ1) is 10.7. The van der Waals surface area contributed by atoms with Gasteiger partial charge in [-0.1, -0.05) is 29.8 Å². The molecular weight excluding hydrogens is 292 g/mol. The Morgan fingerprint density at radius 2 is 1.82 bits per heavy atom. The second-order valence-corrected chi connectivity index (χ2v) is 7.66. The van der Waals surface area contributed by atoms with Gasteiger partial charge >= 0.3 is 0 Å². The van der Waals surface area contributed by atoms with Crippen LogP contribution in [0.5, 0.6) is 0 Å². The predicted octanol–water partition coefficient (Wildman–Crippen LogP) is 2.92. The van der Waals surface area contributed by atoms with E-state index in [4.69, 9.17) is 0 Å². The van der Waals surface area contributed by atoms with Gasteiger partial charge < -0.3 is 4.90 Å². The van der Waals surface area contributed by atoms with Crippen LogP contribution >= 0.6 is 11.8 Å². The Hall–Kier alpha value is -1.00. The Labute approximate surface area is 138 Å². The predicted molar refractivity (Wildman–Crippen MR) is 93.1 cm³/mol. The Balaban J connectivity index is 1.59. The molecule has 4 heteroatoms. The maximum atomic E-state index is 12.4. The lowest BCUT2D eigenvalue weighted by Gasteiger charge is -2.33. The lowest BCUT2D eigenvalue weighted by atomic mass is 10.1. The molecular formula is C18H26N2OS. The van der Waals surface area contributed by atoms with E-state index in [-0.39, 0.29) is 0 Å². The van der Waals surface area contributed by atoms with Crippen LogP contribution in [0.1, 0.15) is 30.4 Å². The molecule has 1 amide bonds. The summed E-state index contributed by atoms with van der Waals surface area (Å²) < 4.78 is 0. The minimum Gasteiger partial charge on any atom is -0.338 e. The van der Waals surface area contributed by atoms with Crippen LogP contribution in [0.2, 0.25) is 0 Å². The van der Waals surface area contributed by atoms with E-state index in [1.165, 1.54) is 35.7 Å². The van der Waals surface area contributed by atoms with Gasteiger partial charge in [-0.3, -0.25) is 9.69 Å². The molecule has 0 radical (unpaired) electrons. The molecule has 0 N–H and O–H groups in total. The maximum absolute atomic E-state index is 12.4. The van der Waals surface area contributed by atoms with Gasteiger partial charge in [0.25, 0.3) is 0 Å². The number of thioether (sulfide) groups is 1. The van der Waals surface area contributed by atoms with E-state index in [0.717, 1.165) is 25.9 Å². The average Bonchev–Trinajstić information content (AvgIpc) is 2.73. The number of hydrogen-bond donors (Lipinski definition) is 0. The fourth-order valence-corrected chi connectivity index (χ4v) is 4.34. The quantitative estimate of drug-likeness (QED) is 0.856. The van der Waals surface area contributed by atoms with Crippen LogP contribution in [0.4, 0.5) is 0 Å². The Morgan fingerprint density at radius 3 is 2.55 bits per heavy atom. The fourth-order valence-electron chi connectivity index (χ4n) is 3.41. The number of rotatable bonds is 3. The summed E-state index contributed by atoms with van der Waals surface area (Å²) in [6, 6.07) is 9.16. The number of benzene rings is 1. The van der Waals surface area contributed by atoms with E-state index >= 15 is 0 Å². The first kappa shape index (κ1) is 15.9. The minimum absolute atomic E-state index is 0.328. The number of carbonyl (C=O) groups is 1. The highest BCUT2D eigenvalue weighted by Gasteiger charge is 2.27. The summed E-state index contributed by atoms with van der Waals surface area (Å²) >= 11 is 2.05. The zero-order valence-corrected chi connectivity index (χ0v) is 14.3. The highest BCUT2D eigenvalue weighted by molar-refractivity contribution is 7.99. The van der Waals surface area contributed by atoms with E-state index in [2.05, 4.69) is 52.8 Å². The van der Waals surface area contributed by atoms with Crippen molar-refractivity contribution in [1.82, 2.24) is 9.80 Å². The van der Waals surface area contributed by atoms with Crippen LogP contribution in [-0.2, 0) is 11.3 Å². The highest BCUT2D eigenvalue weighted by atomic mass is 32.2. The zero-order valence-electron chi connectivity index (χ0n) is 13.5. The third-order valence-corrected chi connectivity index (χ3v) is 5.77. The molecule has 22 heavy (non-hydrogen) atoms. The molecule has 2 heterocycles. The van der Waals surface area contributed by atoms with Crippen LogP contribution in [0.3, 0.4) is 0 Å². The average molecular weight is 318 g/mol. The van der Waals surface area contributed by atoms with Crippen LogP contribution in [0.15, 0.2) is 24.3 Å². The number of amides is 1. The van der Waals surface area contributed by atoms with Crippen LogP contribution < -0.4 is 0 Å². The van der Waals surface area contributed by atoms with Gasteiger partial charge in [0.2, 0.25) is 5.91 Å². The number of hydrogen-bond acceptors (Lipinski definition) is 3. The van der Waals surface area contributed by atoms with Crippen molar-refractivity contribution in [1.29, 1.82) is 0 Å². The molecule has 120 valence electrons. The molecule has 0 aromatic heterocycles. The van der Waals surface area contributed by atoms with E-state index in [1.807, 2.05) is 0 Å². The molecule has 0 spiro atoms. The van der Waals surface area contributed by atoms with Crippen LogP contribution in [0.25, 0.3) is 0 Å². The van der Waals surface area contributed by atoms with E-state index in [1.54, 1.807) is 0 Å². The molecule has 0 saturated carbocycles. The Bertz CT molecular complexity index is 496. The van der Waals surface area contributed by atoms with E-state index in [0.29, 0.717) is 18.4 Å². The van der Waals surface area contributed by atoms with Gasteiger partial charge in [-0.25, -0.2) is 0 Å². The van der Waals surface area contributed by atoms with E-state index in [9.17, 15) is 4.79 Å². The molecule has 3 nitrogen and oxygen atoms in total. The summed E-state index contributed by atoms with van der Waals surface area (Å²) in [5, 5.41) is 0. The SMILES string of the molecule is Cc1ccc(CN2CCC(N3CCSCC3)CCC2=O)cc1. The number of carbonyl (C=O) groups excluding carboxylic acids is 1. The molecule has 1 unspecified atom stereocenters. The molecule has 2 saturated heterocycles. The van der Waals surface area contributed by atoms with Gasteiger partial charge in [-0.15, -0.1) is 0 Å². The third-order valence-electron chi connectivity index (χ3n) is 4.83. The molecule has 2 aliphatic rings. The Kier molecular flexibility index (Phi) is 5.42. The second-order valence-electron chi connectivity index (χ2n) is 6.43. The normalized spacial score (nSPS) is 24.3. The van der Waals surface area contributed by atoms with Crippen molar-refractivity contribution in [3.05, 3.63) is 35.4 Å². The van der Waals surface area contributed by atoms with Crippen molar-refractivity contribution >= 4 is 17.7 Å². The number of nitrogens with zero attached hydrogens (tertiary/aromatic N) is 2. The molecule has 0 bridgehead atoms. The zero-order chi connectivity index (χ0) is 15.4. The molecule has 3 rings (SSSR count). The molecule has 1 atom stereocenters. The van der Waals surface area contributed by atoms with Crippen molar-refractivity contribution in [2.45, 2.75) is 38.8 Å². The van der Waals surface area contributed by atoms with Crippen LogP contribution in [-0.4, -0.2) is 52.9 Å². The second kappa shape index (κ2) is 7.51. The van der Waals surface area contributed by atoms with Gasteiger partial charge in [-0.2, -0.15) is 11.8 Å². The van der Waals surface area contributed by atoms with E-state index < -0.39 is 0 Å². The lowest BCUT2D eigenvalue weighted by Crippen LogP contribution is -2.41. The van der Waals surface area contributed by atoms with Crippen molar-refractivity contribution in [2.75, 3.05) is 31.1 Å². The number of aryl methyl sites for hydroxylation is 1.